The van der Waals surface area contributed by atoms with Gasteiger partial charge in [-0.05, 0) is 18.6 Å². The highest BCUT2D eigenvalue weighted by atomic mass is 32.2. The van der Waals surface area contributed by atoms with Crippen LogP contribution in [0.5, 0.6) is 0 Å². The molecule has 1 aromatic heterocycles. The maximum Gasteiger partial charge on any atom is 0.367 e. The second-order valence-electron chi connectivity index (χ2n) is 3.63. The van der Waals surface area contributed by atoms with Crippen molar-refractivity contribution in [1.29, 1.82) is 0 Å². The predicted octanol–water partition coefficient (Wildman–Crippen LogP) is 4.14. The molecule has 0 saturated carbocycles. The van der Waals surface area contributed by atoms with Gasteiger partial charge in [-0.3, -0.25) is 0 Å². The maximum absolute atomic E-state index is 5.86. The molecule has 0 atom stereocenters. The van der Waals surface area contributed by atoms with Gasteiger partial charge in [-0.25, -0.2) is 4.42 Å². The first-order valence-corrected chi connectivity index (χ1v) is 5.99. The number of rotatable bonds is 0. The minimum atomic E-state index is 0.973. The lowest BCUT2D eigenvalue weighted by Gasteiger charge is -2.06. The number of thioether (sulfide) groups is 1. The molecular formula is C13H11OS+. The van der Waals surface area contributed by atoms with E-state index in [1.165, 1.54) is 15.8 Å². The molecule has 0 unspecified atom stereocenters. The molecule has 0 fully saturated rings. The molecule has 0 aliphatic carbocycles. The molecule has 74 valence electrons. The number of fused-ring (bicyclic) bond motifs is 2. The first kappa shape index (κ1) is 8.98. The molecule has 1 aromatic carbocycles. The highest BCUT2D eigenvalue weighted by molar-refractivity contribution is 7.99. The van der Waals surface area contributed by atoms with Crippen LogP contribution in [0, 0.1) is 6.92 Å². The van der Waals surface area contributed by atoms with Crippen LogP contribution in [0.3, 0.4) is 0 Å². The number of hydrogen-bond acceptors (Lipinski definition) is 1. The van der Waals surface area contributed by atoms with Crippen LogP contribution in [0.2, 0.25) is 0 Å². The van der Waals surface area contributed by atoms with E-state index in [9.17, 15) is 0 Å². The van der Waals surface area contributed by atoms with Crippen LogP contribution >= 0.6 is 11.8 Å². The molecule has 2 aromatic rings. The summed E-state index contributed by atoms with van der Waals surface area (Å²) in [5.74, 6) is 2.05. The SMILES string of the molecule is Cc1c2c([o+]c3ccccc13)C=CCS2. The molecule has 0 N–H and O–H groups in total. The van der Waals surface area contributed by atoms with Gasteiger partial charge in [0.1, 0.15) is 4.90 Å². The first-order valence-electron chi connectivity index (χ1n) is 5.01. The summed E-state index contributed by atoms with van der Waals surface area (Å²) in [7, 11) is 0. The van der Waals surface area contributed by atoms with Gasteiger partial charge in [-0.2, -0.15) is 0 Å². The molecule has 2 heterocycles. The lowest BCUT2D eigenvalue weighted by Crippen LogP contribution is -1.92. The number of para-hydroxylation sites is 1. The molecule has 3 rings (SSSR count). The van der Waals surface area contributed by atoms with Gasteiger partial charge in [0.05, 0.1) is 5.39 Å². The van der Waals surface area contributed by atoms with Crippen molar-refractivity contribution >= 4 is 28.8 Å². The van der Waals surface area contributed by atoms with Gasteiger partial charge in [0, 0.05) is 17.9 Å². The van der Waals surface area contributed by atoms with Gasteiger partial charge in [0.25, 0.3) is 0 Å². The molecule has 1 nitrogen and oxygen atoms in total. The Kier molecular flexibility index (Phi) is 2.03. The van der Waals surface area contributed by atoms with Gasteiger partial charge in [0.2, 0.25) is 0 Å². The van der Waals surface area contributed by atoms with Crippen LogP contribution < -0.4 is 0 Å². The molecule has 0 saturated heterocycles. The van der Waals surface area contributed by atoms with Crippen molar-refractivity contribution in [2.24, 2.45) is 0 Å². The van der Waals surface area contributed by atoms with Crippen molar-refractivity contribution in [1.82, 2.24) is 0 Å². The fraction of sp³-hybridized carbons (Fsp3) is 0.154. The second kappa shape index (κ2) is 3.38. The van der Waals surface area contributed by atoms with Crippen LogP contribution in [-0.4, -0.2) is 5.75 Å². The Bertz CT molecular complexity index is 558. The lowest BCUT2D eigenvalue weighted by atomic mass is 10.1. The minimum Gasteiger partial charge on any atom is -0.206 e. The predicted molar refractivity (Wildman–Crippen MR) is 65.1 cm³/mol. The Morgan fingerprint density at radius 1 is 1.27 bits per heavy atom. The van der Waals surface area contributed by atoms with E-state index in [1.807, 2.05) is 23.9 Å². The summed E-state index contributed by atoms with van der Waals surface area (Å²) >= 11 is 1.85. The standard InChI is InChI=1S/C13H11OS/c1-9-10-5-2-3-6-11(10)14-12-7-4-8-15-13(9)12/h2-7H,8H2,1H3/q+1. The fourth-order valence-corrected chi connectivity index (χ4v) is 2.85. The van der Waals surface area contributed by atoms with Crippen molar-refractivity contribution in [3.63, 3.8) is 0 Å². The van der Waals surface area contributed by atoms with Crippen LogP contribution in [-0.2, 0) is 0 Å². The molecule has 2 heteroatoms. The third-order valence-electron chi connectivity index (χ3n) is 2.67. The number of aryl methyl sites for hydroxylation is 1. The van der Waals surface area contributed by atoms with E-state index in [2.05, 4.69) is 31.2 Å². The third kappa shape index (κ3) is 1.37. The van der Waals surface area contributed by atoms with Crippen LogP contribution in [0.15, 0.2) is 39.7 Å². The summed E-state index contributed by atoms with van der Waals surface area (Å²) in [6.45, 7) is 2.17. The van der Waals surface area contributed by atoms with Crippen LogP contribution in [0.25, 0.3) is 17.0 Å². The Labute approximate surface area is 92.8 Å². The highest BCUT2D eigenvalue weighted by Crippen LogP contribution is 2.35. The highest BCUT2D eigenvalue weighted by Gasteiger charge is 2.22. The second-order valence-corrected chi connectivity index (χ2v) is 4.66. The zero-order chi connectivity index (χ0) is 10.3. The van der Waals surface area contributed by atoms with E-state index in [1.54, 1.807) is 0 Å². The molecule has 1 aliphatic rings. The Balaban J connectivity index is 2.42. The molecule has 0 spiro atoms. The Morgan fingerprint density at radius 3 is 3.07 bits per heavy atom. The van der Waals surface area contributed by atoms with E-state index in [0.29, 0.717) is 0 Å². The summed E-state index contributed by atoms with van der Waals surface area (Å²) in [5, 5.41) is 1.22. The Morgan fingerprint density at radius 2 is 2.13 bits per heavy atom. The van der Waals surface area contributed by atoms with Crippen molar-refractivity contribution in [3.05, 3.63) is 41.7 Å². The lowest BCUT2D eigenvalue weighted by molar-refractivity contribution is 0.574. The van der Waals surface area contributed by atoms with E-state index < -0.39 is 0 Å². The maximum atomic E-state index is 5.86. The number of hydrogen-bond donors (Lipinski definition) is 0. The molecule has 0 radical (unpaired) electrons. The van der Waals surface area contributed by atoms with Gasteiger partial charge < -0.3 is 0 Å². The zero-order valence-corrected chi connectivity index (χ0v) is 9.30. The quantitative estimate of drug-likeness (QED) is 0.612. The largest absolute Gasteiger partial charge is 0.367 e. The normalized spacial score (nSPS) is 14.2. The van der Waals surface area contributed by atoms with Crippen molar-refractivity contribution in [2.75, 3.05) is 5.75 Å². The molecule has 1 aliphatic heterocycles. The van der Waals surface area contributed by atoms with Gasteiger partial charge in [-0.15, -0.1) is 11.8 Å². The fourth-order valence-electron chi connectivity index (χ4n) is 1.91. The van der Waals surface area contributed by atoms with Crippen molar-refractivity contribution in [2.45, 2.75) is 11.8 Å². The van der Waals surface area contributed by atoms with Crippen molar-refractivity contribution in [3.8, 4) is 0 Å². The molecular weight excluding hydrogens is 204 g/mol. The summed E-state index contributed by atoms with van der Waals surface area (Å²) in [5.41, 5.74) is 2.31. The molecule has 15 heavy (non-hydrogen) atoms. The third-order valence-corrected chi connectivity index (χ3v) is 3.82. The average Bonchev–Trinajstić information content (AvgIpc) is 2.30. The number of benzene rings is 1. The smallest absolute Gasteiger partial charge is 0.206 e. The zero-order valence-electron chi connectivity index (χ0n) is 8.49. The summed E-state index contributed by atoms with van der Waals surface area (Å²) in [6.07, 6.45) is 4.22. The first-order chi connectivity index (χ1) is 7.36. The van der Waals surface area contributed by atoms with Gasteiger partial charge in [0.15, 0.2) is 0 Å². The van der Waals surface area contributed by atoms with Gasteiger partial charge in [-0.1, -0.05) is 18.2 Å². The van der Waals surface area contributed by atoms with E-state index in [0.717, 1.165) is 17.1 Å². The summed E-state index contributed by atoms with van der Waals surface area (Å²) in [6, 6.07) is 8.21. The minimum absolute atomic E-state index is 0.973. The molecule has 0 bridgehead atoms. The van der Waals surface area contributed by atoms with E-state index in [-0.39, 0.29) is 0 Å². The van der Waals surface area contributed by atoms with Gasteiger partial charge >= 0.3 is 11.3 Å². The van der Waals surface area contributed by atoms with E-state index in [4.69, 9.17) is 4.42 Å². The van der Waals surface area contributed by atoms with Crippen LogP contribution in [0.1, 0.15) is 11.3 Å². The molecule has 0 amide bonds. The average molecular weight is 215 g/mol. The topological polar surface area (TPSA) is 11.3 Å². The monoisotopic (exact) mass is 215 g/mol. The Hall–Kier alpha value is -1.28. The summed E-state index contributed by atoms with van der Waals surface area (Å²) < 4.78 is 5.86. The summed E-state index contributed by atoms with van der Waals surface area (Å²) in [4.78, 5) is 1.29. The van der Waals surface area contributed by atoms with E-state index >= 15 is 0 Å². The van der Waals surface area contributed by atoms with Crippen molar-refractivity contribution < 1.29 is 4.42 Å². The van der Waals surface area contributed by atoms with Crippen LogP contribution in [0.4, 0.5) is 0 Å².